The van der Waals surface area contributed by atoms with E-state index >= 15 is 0 Å². The highest BCUT2D eigenvalue weighted by Crippen LogP contribution is 2.27. The van der Waals surface area contributed by atoms with E-state index in [1.54, 1.807) is 25.3 Å². The van der Waals surface area contributed by atoms with Crippen LogP contribution in [0, 0.1) is 0 Å². The Labute approximate surface area is 198 Å². The van der Waals surface area contributed by atoms with Gasteiger partial charge in [0.25, 0.3) is 0 Å². The van der Waals surface area contributed by atoms with Crippen molar-refractivity contribution in [1.82, 2.24) is 14.9 Å². The summed E-state index contributed by atoms with van der Waals surface area (Å²) in [7, 11) is 7.06. The maximum absolute atomic E-state index is 12.0. The van der Waals surface area contributed by atoms with Crippen LogP contribution in [0.5, 0.6) is 17.2 Å². The van der Waals surface area contributed by atoms with Gasteiger partial charge in [0.1, 0.15) is 29.7 Å². The second-order valence-corrected chi connectivity index (χ2v) is 7.59. The van der Waals surface area contributed by atoms with E-state index in [9.17, 15) is 9.90 Å². The summed E-state index contributed by atoms with van der Waals surface area (Å²) < 4.78 is 16.3. The number of hydrogen-bond acceptors (Lipinski definition) is 8. The lowest BCUT2D eigenvalue weighted by atomic mass is 10.1. The molecule has 3 aromatic rings. The fourth-order valence-corrected chi connectivity index (χ4v) is 3.07. The molecule has 0 bridgehead atoms. The molecule has 2 N–H and O–H groups in total. The fourth-order valence-electron chi connectivity index (χ4n) is 3.07. The van der Waals surface area contributed by atoms with Crippen LogP contribution in [0.25, 0.3) is 0 Å². The topological polar surface area (TPSA) is 109 Å². The van der Waals surface area contributed by atoms with Gasteiger partial charge in [-0.1, -0.05) is 0 Å². The zero-order valence-electron chi connectivity index (χ0n) is 19.7. The van der Waals surface area contributed by atoms with E-state index in [4.69, 9.17) is 14.2 Å². The summed E-state index contributed by atoms with van der Waals surface area (Å²) in [6.45, 7) is 1.45. The molecule has 180 valence electrons. The smallest absolute Gasteiger partial charge is 0.413 e. The normalized spacial score (nSPS) is 10.6. The minimum Gasteiger partial charge on any atom is -0.497 e. The minimum atomic E-state index is -1.15. The van der Waals surface area contributed by atoms with Gasteiger partial charge in [0, 0.05) is 30.1 Å². The summed E-state index contributed by atoms with van der Waals surface area (Å²) in [5, 5.41) is 12.9. The summed E-state index contributed by atoms with van der Waals surface area (Å²) >= 11 is 0. The number of carbonyl (C=O) groups is 1. The van der Waals surface area contributed by atoms with Crippen LogP contribution in [0.3, 0.4) is 0 Å². The first kappa shape index (κ1) is 24.6. The zero-order chi connectivity index (χ0) is 24.5. The Morgan fingerprint density at radius 2 is 1.76 bits per heavy atom. The molecule has 10 heteroatoms. The van der Waals surface area contributed by atoms with Crippen LogP contribution in [0.1, 0.15) is 5.56 Å². The molecule has 0 radical (unpaired) electrons. The molecule has 0 aliphatic carbocycles. The standard InChI is InChI=1S/C24H29N5O5/c1-28(2)13-14-34-19-9-6-18(7-10-19)26-23-25-12-11-22(27-23)29(24(30)31)16-17-5-8-20(32-3)15-21(17)33-4/h5-12,15H,13-14,16H2,1-4H3,(H,30,31)(H,25,26,27). The molecule has 3 rings (SSSR count). The van der Waals surface area contributed by atoms with Gasteiger partial charge in [-0.05, 0) is 56.6 Å². The molecule has 1 heterocycles. The Balaban J connectivity index is 1.73. The maximum atomic E-state index is 12.0. The number of carboxylic acid groups (broad SMARTS) is 1. The largest absolute Gasteiger partial charge is 0.497 e. The Kier molecular flexibility index (Phi) is 8.47. The van der Waals surface area contributed by atoms with Gasteiger partial charge in [0.05, 0.1) is 20.8 Å². The third-order valence-corrected chi connectivity index (χ3v) is 4.89. The van der Waals surface area contributed by atoms with Crippen LogP contribution in [-0.4, -0.2) is 67.5 Å². The Bertz CT molecular complexity index is 1090. The number of likely N-dealkylation sites (N-methyl/N-ethyl adjacent to an activating group) is 1. The maximum Gasteiger partial charge on any atom is 0.413 e. The number of hydrogen-bond donors (Lipinski definition) is 2. The molecule has 0 atom stereocenters. The Hall–Kier alpha value is -4.05. The first-order chi connectivity index (χ1) is 16.4. The molecule has 1 amide bonds. The van der Waals surface area contributed by atoms with Crippen molar-refractivity contribution in [3.05, 3.63) is 60.3 Å². The Morgan fingerprint density at radius 3 is 2.41 bits per heavy atom. The van der Waals surface area contributed by atoms with Gasteiger partial charge in [-0.15, -0.1) is 0 Å². The molecule has 0 saturated heterocycles. The SMILES string of the molecule is COc1ccc(CN(C(=O)O)c2ccnc(Nc3ccc(OCCN(C)C)cc3)n2)c(OC)c1. The molecule has 0 fully saturated rings. The highest BCUT2D eigenvalue weighted by atomic mass is 16.5. The van der Waals surface area contributed by atoms with Crippen LogP contribution in [0.15, 0.2) is 54.7 Å². The number of rotatable bonds is 11. The van der Waals surface area contributed by atoms with Crippen molar-refractivity contribution in [2.24, 2.45) is 0 Å². The average molecular weight is 468 g/mol. The number of ether oxygens (including phenoxy) is 3. The van der Waals surface area contributed by atoms with Crippen molar-refractivity contribution >= 4 is 23.5 Å². The lowest BCUT2D eigenvalue weighted by Gasteiger charge is -2.20. The van der Waals surface area contributed by atoms with Crippen LogP contribution in [-0.2, 0) is 6.54 Å². The summed E-state index contributed by atoms with van der Waals surface area (Å²) in [4.78, 5) is 23.8. The molecule has 34 heavy (non-hydrogen) atoms. The van der Waals surface area contributed by atoms with Crippen LogP contribution < -0.4 is 24.4 Å². The number of anilines is 3. The quantitative estimate of drug-likeness (QED) is 0.434. The third-order valence-electron chi connectivity index (χ3n) is 4.89. The highest BCUT2D eigenvalue weighted by molar-refractivity contribution is 5.85. The minimum absolute atomic E-state index is 0.0396. The lowest BCUT2D eigenvalue weighted by Crippen LogP contribution is -2.29. The first-order valence-electron chi connectivity index (χ1n) is 10.6. The Morgan fingerprint density at radius 1 is 1.03 bits per heavy atom. The van der Waals surface area contributed by atoms with E-state index in [1.807, 2.05) is 43.3 Å². The van der Waals surface area contributed by atoms with Crippen molar-refractivity contribution in [3.8, 4) is 17.2 Å². The van der Waals surface area contributed by atoms with Crippen LogP contribution in [0.4, 0.5) is 22.2 Å². The van der Waals surface area contributed by atoms with Crippen molar-refractivity contribution in [2.45, 2.75) is 6.54 Å². The third kappa shape index (κ3) is 6.72. The van der Waals surface area contributed by atoms with Crippen molar-refractivity contribution in [3.63, 3.8) is 0 Å². The van der Waals surface area contributed by atoms with Gasteiger partial charge in [0.15, 0.2) is 0 Å². The van der Waals surface area contributed by atoms with Gasteiger partial charge in [-0.25, -0.2) is 9.78 Å². The summed E-state index contributed by atoms with van der Waals surface area (Å²) in [5.74, 6) is 2.39. The summed E-state index contributed by atoms with van der Waals surface area (Å²) in [6, 6.07) is 14.1. The number of aromatic nitrogens is 2. The second-order valence-electron chi connectivity index (χ2n) is 7.59. The van der Waals surface area contributed by atoms with Crippen LogP contribution >= 0.6 is 0 Å². The number of nitrogens with zero attached hydrogens (tertiary/aromatic N) is 4. The second kappa shape index (κ2) is 11.7. The molecule has 0 spiro atoms. The molecule has 0 saturated carbocycles. The fraction of sp³-hybridized carbons (Fsp3) is 0.292. The number of benzene rings is 2. The van der Waals surface area contributed by atoms with Crippen LogP contribution in [0.2, 0.25) is 0 Å². The van der Waals surface area contributed by atoms with Gasteiger partial charge < -0.3 is 29.5 Å². The molecule has 0 unspecified atom stereocenters. The molecule has 0 aliphatic heterocycles. The van der Waals surface area contributed by atoms with Crippen molar-refractivity contribution in [1.29, 1.82) is 0 Å². The predicted octanol–water partition coefficient (Wildman–Crippen LogP) is 3.86. The number of methoxy groups -OCH3 is 2. The van der Waals surface area contributed by atoms with E-state index in [0.29, 0.717) is 23.7 Å². The van der Waals surface area contributed by atoms with Gasteiger partial charge in [0.2, 0.25) is 5.95 Å². The average Bonchev–Trinajstić information content (AvgIpc) is 2.83. The number of amides is 1. The van der Waals surface area contributed by atoms with Gasteiger partial charge in [-0.2, -0.15) is 4.98 Å². The molecule has 10 nitrogen and oxygen atoms in total. The molecule has 2 aromatic carbocycles. The van der Waals surface area contributed by atoms with Gasteiger partial charge >= 0.3 is 6.09 Å². The highest BCUT2D eigenvalue weighted by Gasteiger charge is 2.19. The van der Waals surface area contributed by atoms with Crippen molar-refractivity contribution in [2.75, 3.05) is 51.7 Å². The summed E-state index contributed by atoms with van der Waals surface area (Å²) in [6.07, 6.45) is 0.353. The van der Waals surface area contributed by atoms with E-state index in [-0.39, 0.29) is 18.3 Å². The predicted molar refractivity (Wildman–Crippen MR) is 130 cm³/mol. The molecule has 1 aromatic heterocycles. The lowest BCUT2D eigenvalue weighted by molar-refractivity contribution is 0.201. The molecule has 0 aliphatic rings. The van der Waals surface area contributed by atoms with E-state index in [2.05, 4.69) is 15.3 Å². The molecular formula is C24H29N5O5. The monoisotopic (exact) mass is 467 g/mol. The van der Waals surface area contributed by atoms with Crippen molar-refractivity contribution < 1.29 is 24.1 Å². The molecular weight excluding hydrogens is 438 g/mol. The summed E-state index contributed by atoms with van der Waals surface area (Å²) in [5.41, 5.74) is 1.42. The first-order valence-corrected chi connectivity index (χ1v) is 10.6. The van der Waals surface area contributed by atoms with E-state index in [1.165, 1.54) is 19.4 Å². The van der Waals surface area contributed by atoms with E-state index < -0.39 is 6.09 Å². The number of nitrogens with one attached hydrogen (secondary N) is 1. The van der Waals surface area contributed by atoms with E-state index in [0.717, 1.165) is 22.9 Å². The van der Waals surface area contributed by atoms with Gasteiger partial charge in [-0.3, -0.25) is 4.90 Å². The zero-order valence-corrected chi connectivity index (χ0v) is 19.7.